The number of amides is 3. The minimum absolute atomic E-state index is 0.0825. The molecule has 0 bridgehead atoms. The molecule has 0 fully saturated rings. The van der Waals surface area contributed by atoms with Gasteiger partial charge in [-0.1, -0.05) is 42.5 Å². The lowest BCUT2D eigenvalue weighted by Gasteiger charge is -2.29. The van der Waals surface area contributed by atoms with Gasteiger partial charge in [0.05, 0.1) is 25.5 Å². The van der Waals surface area contributed by atoms with Crippen molar-refractivity contribution >= 4 is 29.3 Å². The Morgan fingerprint density at radius 3 is 2.16 bits per heavy atom. The maximum atomic E-state index is 13.7. The van der Waals surface area contributed by atoms with Crippen LogP contribution in [-0.2, 0) is 24.2 Å². The van der Waals surface area contributed by atoms with Crippen molar-refractivity contribution in [3.05, 3.63) is 113 Å². The fourth-order valence-electron chi connectivity index (χ4n) is 5.27. The number of ether oxygens (including phenoxy) is 3. The van der Waals surface area contributed by atoms with Crippen LogP contribution in [0.4, 0.5) is 16.2 Å². The number of methoxy groups -OCH3 is 2. The summed E-state index contributed by atoms with van der Waals surface area (Å²) in [6.07, 6.45) is 1.79. The molecule has 1 heterocycles. The van der Waals surface area contributed by atoms with Crippen molar-refractivity contribution in [2.24, 2.45) is 0 Å². The SMILES string of the molecule is COc1cc2c(cc1OC)CN(CCc1ccc(NC(=O)N(C(=O)c3ccccc3OC(C)=O)c3ccccc3)cc1)CC2. The molecule has 1 aliphatic rings. The van der Waals surface area contributed by atoms with E-state index in [1.54, 1.807) is 56.7 Å². The highest BCUT2D eigenvalue weighted by atomic mass is 16.5. The van der Waals surface area contributed by atoms with Crippen LogP contribution in [0.5, 0.6) is 17.2 Å². The predicted molar refractivity (Wildman–Crippen MR) is 169 cm³/mol. The van der Waals surface area contributed by atoms with Crippen LogP contribution < -0.4 is 24.4 Å². The molecule has 0 aliphatic carbocycles. The van der Waals surface area contributed by atoms with Gasteiger partial charge in [0, 0.05) is 32.2 Å². The van der Waals surface area contributed by atoms with E-state index in [0.29, 0.717) is 11.4 Å². The normalized spacial score (nSPS) is 12.5. The first kappa shape index (κ1) is 30.3. The summed E-state index contributed by atoms with van der Waals surface area (Å²) >= 11 is 0. The lowest BCUT2D eigenvalue weighted by molar-refractivity contribution is -0.131. The van der Waals surface area contributed by atoms with Crippen LogP contribution in [0.25, 0.3) is 0 Å². The van der Waals surface area contributed by atoms with Crippen LogP contribution in [0.1, 0.15) is 34.0 Å². The summed E-state index contributed by atoms with van der Waals surface area (Å²) in [6, 6.07) is 26.1. The average Bonchev–Trinajstić information content (AvgIpc) is 3.04. The molecule has 4 aromatic carbocycles. The van der Waals surface area contributed by atoms with Gasteiger partial charge in [0.15, 0.2) is 11.5 Å². The second-order valence-electron chi connectivity index (χ2n) is 10.4. The Bertz CT molecular complexity index is 1640. The minimum atomic E-state index is -0.634. The largest absolute Gasteiger partial charge is 0.493 e. The van der Waals surface area contributed by atoms with Crippen molar-refractivity contribution < 1.29 is 28.6 Å². The highest BCUT2D eigenvalue weighted by Crippen LogP contribution is 2.33. The van der Waals surface area contributed by atoms with E-state index in [1.807, 2.05) is 24.3 Å². The average molecular weight is 594 g/mol. The summed E-state index contributed by atoms with van der Waals surface area (Å²) in [4.78, 5) is 42.3. The summed E-state index contributed by atoms with van der Waals surface area (Å²) < 4.78 is 16.2. The van der Waals surface area contributed by atoms with Gasteiger partial charge >= 0.3 is 12.0 Å². The highest BCUT2D eigenvalue weighted by Gasteiger charge is 2.28. The van der Waals surface area contributed by atoms with E-state index >= 15 is 0 Å². The molecule has 9 nitrogen and oxygen atoms in total. The molecule has 1 N–H and O–H groups in total. The predicted octanol–water partition coefficient (Wildman–Crippen LogP) is 6.11. The number of fused-ring (bicyclic) bond motifs is 1. The number of para-hydroxylation sites is 2. The second-order valence-corrected chi connectivity index (χ2v) is 10.4. The van der Waals surface area contributed by atoms with Crippen LogP contribution in [0, 0.1) is 0 Å². The van der Waals surface area contributed by atoms with Crippen LogP contribution in [0.2, 0.25) is 0 Å². The second kappa shape index (κ2) is 13.9. The van der Waals surface area contributed by atoms with Gasteiger partial charge in [0.1, 0.15) is 5.75 Å². The number of carbonyl (C=O) groups is 3. The molecule has 226 valence electrons. The van der Waals surface area contributed by atoms with E-state index < -0.39 is 17.9 Å². The van der Waals surface area contributed by atoms with Crippen LogP contribution in [-0.4, -0.2) is 50.1 Å². The zero-order valence-corrected chi connectivity index (χ0v) is 25.0. The number of esters is 1. The van der Waals surface area contributed by atoms with Gasteiger partial charge in [0.25, 0.3) is 5.91 Å². The van der Waals surface area contributed by atoms with E-state index in [9.17, 15) is 14.4 Å². The fourth-order valence-corrected chi connectivity index (χ4v) is 5.27. The number of imide groups is 1. The summed E-state index contributed by atoms with van der Waals surface area (Å²) in [5.74, 6) is 0.398. The van der Waals surface area contributed by atoms with Crippen molar-refractivity contribution in [3.8, 4) is 17.2 Å². The number of rotatable bonds is 9. The zero-order chi connectivity index (χ0) is 31.1. The Hall–Kier alpha value is -5.15. The molecule has 0 aromatic heterocycles. The Labute approximate surface area is 257 Å². The lowest BCUT2D eigenvalue weighted by atomic mass is 9.98. The van der Waals surface area contributed by atoms with Gasteiger partial charge in [-0.15, -0.1) is 0 Å². The van der Waals surface area contributed by atoms with Crippen molar-refractivity contribution in [3.63, 3.8) is 0 Å². The summed E-state index contributed by atoms with van der Waals surface area (Å²) in [7, 11) is 3.31. The topological polar surface area (TPSA) is 97.4 Å². The number of carbonyl (C=O) groups excluding carboxylic acids is 3. The van der Waals surface area contributed by atoms with Crippen molar-refractivity contribution in [2.45, 2.75) is 26.3 Å². The first-order chi connectivity index (χ1) is 21.4. The third-order valence-corrected chi connectivity index (χ3v) is 7.51. The Balaban J connectivity index is 1.25. The third kappa shape index (κ3) is 7.07. The maximum absolute atomic E-state index is 13.7. The molecule has 0 spiro atoms. The van der Waals surface area contributed by atoms with E-state index in [1.165, 1.54) is 30.2 Å². The lowest BCUT2D eigenvalue weighted by Crippen LogP contribution is -2.40. The molecule has 44 heavy (non-hydrogen) atoms. The van der Waals surface area contributed by atoms with E-state index in [0.717, 1.165) is 54.4 Å². The number of benzene rings is 4. The van der Waals surface area contributed by atoms with E-state index in [2.05, 4.69) is 22.3 Å². The quantitative estimate of drug-likeness (QED) is 0.185. The highest BCUT2D eigenvalue weighted by molar-refractivity contribution is 6.24. The molecule has 0 unspecified atom stereocenters. The van der Waals surface area contributed by atoms with Crippen molar-refractivity contribution in [1.82, 2.24) is 4.90 Å². The molecule has 4 aromatic rings. The monoisotopic (exact) mass is 593 g/mol. The first-order valence-corrected chi connectivity index (χ1v) is 14.4. The summed E-state index contributed by atoms with van der Waals surface area (Å²) in [6.45, 7) is 3.94. The molecule has 0 radical (unpaired) electrons. The van der Waals surface area contributed by atoms with Gasteiger partial charge in [0.2, 0.25) is 0 Å². The Morgan fingerprint density at radius 1 is 0.818 bits per heavy atom. The molecule has 1 aliphatic heterocycles. The first-order valence-electron chi connectivity index (χ1n) is 14.4. The molecule has 0 saturated heterocycles. The number of nitrogens with zero attached hydrogens (tertiary/aromatic N) is 2. The minimum Gasteiger partial charge on any atom is -0.493 e. The molecule has 3 amide bonds. The number of urea groups is 1. The van der Waals surface area contributed by atoms with Crippen molar-refractivity contribution in [2.75, 3.05) is 37.5 Å². The molecular formula is C35H35N3O6. The zero-order valence-electron chi connectivity index (χ0n) is 25.0. The number of hydrogen-bond donors (Lipinski definition) is 1. The van der Waals surface area contributed by atoms with Crippen LogP contribution >= 0.6 is 0 Å². The standard InChI is InChI=1S/C35H35N3O6/c1-24(39)44-31-12-8-7-11-30(31)34(40)38(29-9-5-4-6-10-29)35(41)36-28-15-13-25(14-16-28)17-19-37-20-18-26-21-32(42-2)33(43-3)22-27(26)23-37/h4-16,21-22H,17-20,23H2,1-3H3,(H,36,41). The van der Waals surface area contributed by atoms with Gasteiger partial charge in [-0.2, -0.15) is 0 Å². The molecule has 9 heteroatoms. The van der Waals surface area contributed by atoms with Crippen LogP contribution in [0.3, 0.4) is 0 Å². The maximum Gasteiger partial charge on any atom is 0.333 e. The summed E-state index contributed by atoms with van der Waals surface area (Å²) in [5, 5.41) is 2.84. The van der Waals surface area contributed by atoms with Gasteiger partial charge in [-0.05, 0) is 78.1 Å². The summed E-state index contributed by atoms with van der Waals surface area (Å²) in [5.41, 5.74) is 4.69. The molecule has 0 saturated carbocycles. The molecule has 5 rings (SSSR count). The smallest absolute Gasteiger partial charge is 0.333 e. The Kier molecular flexibility index (Phi) is 9.56. The van der Waals surface area contributed by atoms with E-state index in [4.69, 9.17) is 14.2 Å². The molecular weight excluding hydrogens is 558 g/mol. The third-order valence-electron chi connectivity index (χ3n) is 7.51. The molecule has 0 atom stereocenters. The van der Waals surface area contributed by atoms with Crippen LogP contribution in [0.15, 0.2) is 91.0 Å². The van der Waals surface area contributed by atoms with E-state index in [-0.39, 0.29) is 11.3 Å². The van der Waals surface area contributed by atoms with Crippen molar-refractivity contribution in [1.29, 1.82) is 0 Å². The van der Waals surface area contributed by atoms with Gasteiger partial charge in [-0.25, -0.2) is 9.69 Å². The van der Waals surface area contributed by atoms with Gasteiger partial charge in [-0.3, -0.25) is 14.5 Å². The number of anilines is 2. The van der Waals surface area contributed by atoms with Gasteiger partial charge < -0.3 is 19.5 Å². The number of hydrogen-bond acceptors (Lipinski definition) is 7. The fraction of sp³-hybridized carbons (Fsp3) is 0.229. The number of nitrogens with one attached hydrogen (secondary N) is 1. The Morgan fingerprint density at radius 2 is 1.48 bits per heavy atom.